The Morgan fingerprint density at radius 2 is 1.76 bits per heavy atom. The highest BCUT2D eigenvalue weighted by molar-refractivity contribution is 5.98. The third-order valence-corrected chi connectivity index (χ3v) is 4.16. The highest BCUT2D eigenvalue weighted by Crippen LogP contribution is 2.31. The van der Waals surface area contributed by atoms with Gasteiger partial charge in [0, 0.05) is 29.7 Å². The molecule has 12 heteroatoms. The first-order valence-electron chi connectivity index (χ1n) is 9.24. The number of esters is 1. The fraction of sp³-hybridized carbons (Fsp3) is 0.0952. The van der Waals surface area contributed by atoms with E-state index in [1.54, 1.807) is 0 Å². The number of nitrogens with zero attached hydrogens (tertiary/aromatic N) is 2. The van der Waals surface area contributed by atoms with Crippen LogP contribution in [-0.2, 0) is 15.7 Å². The van der Waals surface area contributed by atoms with Crippen molar-refractivity contribution in [3.63, 3.8) is 0 Å². The monoisotopic (exact) mass is 460 g/mol. The van der Waals surface area contributed by atoms with E-state index >= 15 is 0 Å². The summed E-state index contributed by atoms with van der Waals surface area (Å²) >= 11 is 0. The average molecular weight is 460 g/mol. The second kappa shape index (κ2) is 9.77. The van der Waals surface area contributed by atoms with E-state index in [9.17, 15) is 32.9 Å². The normalized spacial score (nSPS) is 10.9. The van der Waals surface area contributed by atoms with Crippen LogP contribution in [0.5, 0.6) is 0 Å². The van der Waals surface area contributed by atoms with E-state index in [-0.39, 0.29) is 28.4 Å². The number of halogens is 3. The molecule has 0 fully saturated rings. The summed E-state index contributed by atoms with van der Waals surface area (Å²) in [5.74, 6) is -1.77. The van der Waals surface area contributed by atoms with Crippen molar-refractivity contribution in [2.75, 3.05) is 17.2 Å². The highest BCUT2D eigenvalue weighted by atomic mass is 19.4. The number of hydrogen-bond acceptors (Lipinski definition) is 7. The number of anilines is 3. The Balaban J connectivity index is 1.66. The lowest BCUT2D eigenvalue weighted by Crippen LogP contribution is -2.21. The van der Waals surface area contributed by atoms with Crippen molar-refractivity contribution in [3.8, 4) is 0 Å². The van der Waals surface area contributed by atoms with Crippen LogP contribution >= 0.6 is 0 Å². The van der Waals surface area contributed by atoms with Gasteiger partial charge in [-0.15, -0.1) is 0 Å². The second-order valence-electron chi connectivity index (χ2n) is 6.53. The van der Waals surface area contributed by atoms with E-state index in [1.165, 1.54) is 48.7 Å². The molecule has 2 N–H and O–H groups in total. The Morgan fingerprint density at radius 3 is 2.48 bits per heavy atom. The maximum atomic E-state index is 12.9. The number of hydrogen-bond donors (Lipinski definition) is 2. The first-order valence-corrected chi connectivity index (χ1v) is 9.24. The summed E-state index contributed by atoms with van der Waals surface area (Å²) in [5, 5.41) is 15.8. The lowest BCUT2D eigenvalue weighted by Gasteiger charge is -2.12. The van der Waals surface area contributed by atoms with Gasteiger partial charge < -0.3 is 15.4 Å². The van der Waals surface area contributed by atoms with E-state index in [1.807, 2.05) is 0 Å². The van der Waals surface area contributed by atoms with E-state index in [2.05, 4.69) is 15.6 Å². The molecule has 0 aliphatic rings. The Labute approximate surface area is 184 Å². The molecule has 1 heterocycles. The smallest absolute Gasteiger partial charge is 0.416 e. The number of benzene rings is 2. The molecular formula is C21H15F3N4O5. The van der Waals surface area contributed by atoms with Gasteiger partial charge in [0.15, 0.2) is 6.61 Å². The van der Waals surface area contributed by atoms with E-state index < -0.39 is 35.1 Å². The van der Waals surface area contributed by atoms with Crippen molar-refractivity contribution < 1.29 is 32.4 Å². The maximum absolute atomic E-state index is 12.9. The Morgan fingerprint density at radius 1 is 1.03 bits per heavy atom. The van der Waals surface area contributed by atoms with Gasteiger partial charge in [-0.2, -0.15) is 13.2 Å². The molecule has 9 nitrogen and oxygen atoms in total. The van der Waals surface area contributed by atoms with Crippen LogP contribution in [0.25, 0.3) is 0 Å². The summed E-state index contributed by atoms with van der Waals surface area (Å²) in [5.41, 5.74) is -1.05. The quantitative estimate of drug-likeness (QED) is 0.301. The van der Waals surface area contributed by atoms with Crippen molar-refractivity contribution in [2.45, 2.75) is 6.18 Å². The topological polar surface area (TPSA) is 123 Å². The number of non-ortho nitro benzene ring substituents is 1. The summed E-state index contributed by atoms with van der Waals surface area (Å²) in [4.78, 5) is 38.6. The Hall–Kier alpha value is -4.48. The Bertz CT molecular complexity index is 1200. The van der Waals surface area contributed by atoms with E-state index in [4.69, 9.17) is 4.74 Å². The molecule has 0 saturated heterocycles. The summed E-state index contributed by atoms with van der Waals surface area (Å²) in [7, 11) is 0. The van der Waals surface area contributed by atoms with Crippen LogP contribution in [0.15, 0.2) is 66.9 Å². The van der Waals surface area contributed by atoms with Crippen molar-refractivity contribution in [1.29, 1.82) is 0 Å². The van der Waals surface area contributed by atoms with Gasteiger partial charge in [-0.25, -0.2) is 9.78 Å². The van der Waals surface area contributed by atoms with Crippen molar-refractivity contribution in [2.24, 2.45) is 0 Å². The van der Waals surface area contributed by atoms with Gasteiger partial charge in [0.05, 0.1) is 10.5 Å². The molecule has 170 valence electrons. The first-order chi connectivity index (χ1) is 15.6. The molecule has 3 rings (SSSR count). The fourth-order valence-electron chi connectivity index (χ4n) is 2.68. The number of nitro benzene ring substituents is 1. The van der Waals surface area contributed by atoms with Crippen LogP contribution in [0, 0.1) is 10.1 Å². The first kappa shape index (κ1) is 23.2. The maximum Gasteiger partial charge on any atom is 0.416 e. The van der Waals surface area contributed by atoms with Gasteiger partial charge in [0.1, 0.15) is 11.4 Å². The number of aromatic nitrogens is 1. The zero-order valence-electron chi connectivity index (χ0n) is 16.6. The average Bonchev–Trinajstić information content (AvgIpc) is 2.77. The number of nitrogens with one attached hydrogen (secondary N) is 2. The molecule has 0 saturated carbocycles. The summed E-state index contributed by atoms with van der Waals surface area (Å²) in [6, 6.07) is 12.2. The molecule has 3 aromatic rings. The molecule has 33 heavy (non-hydrogen) atoms. The molecule has 2 aromatic carbocycles. The fourth-order valence-corrected chi connectivity index (χ4v) is 2.68. The summed E-state index contributed by atoms with van der Waals surface area (Å²) in [6.07, 6.45) is -3.22. The van der Waals surface area contributed by atoms with Crippen molar-refractivity contribution in [1.82, 2.24) is 4.98 Å². The lowest BCUT2D eigenvalue weighted by molar-refractivity contribution is -0.384. The molecule has 1 amide bonds. The molecule has 0 aliphatic carbocycles. The molecule has 0 bridgehead atoms. The highest BCUT2D eigenvalue weighted by Gasteiger charge is 2.30. The van der Waals surface area contributed by atoms with Crippen LogP contribution in [-0.4, -0.2) is 28.4 Å². The van der Waals surface area contributed by atoms with Gasteiger partial charge in [-0.1, -0.05) is 12.1 Å². The number of ether oxygens (including phenoxy) is 1. The van der Waals surface area contributed by atoms with Crippen LogP contribution in [0.4, 0.5) is 36.1 Å². The standard InChI is InChI=1S/C21H15F3N4O5/c22-21(23,24)13-4-1-5-14(10-13)27-19-17(8-3-9-25-19)20(30)33-12-18(29)26-15-6-2-7-16(11-15)28(31)32/h1-11H,12H2,(H,25,27)(H,26,29). The summed E-state index contributed by atoms with van der Waals surface area (Å²) in [6.45, 7) is -0.709. The van der Waals surface area contributed by atoms with Gasteiger partial charge in [0.25, 0.3) is 11.6 Å². The molecule has 0 atom stereocenters. The third-order valence-electron chi connectivity index (χ3n) is 4.16. The van der Waals surface area contributed by atoms with Gasteiger partial charge in [-0.3, -0.25) is 14.9 Å². The zero-order valence-corrected chi connectivity index (χ0v) is 16.6. The Kier molecular flexibility index (Phi) is 6.86. The number of rotatable bonds is 7. The molecule has 0 aliphatic heterocycles. The SMILES string of the molecule is O=C(COC(=O)c1cccnc1Nc1cccc(C(F)(F)F)c1)Nc1cccc([N+](=O)[O-])c1. The molecule has 0 spiro atoms. The minimum absolute atomic E-state index is 0.0426. The van der Waals surface area contributed by atoms with E-state index in [0.29, 0.717) is 0 Å². The predicted molar refractivity (Wildman–Crippen MR) is 111 cm³/mol. The zero-order chi connectivity index (χ0) is 24.0. The van der Waals surface area contributed by atoms with Crippen LogP contribution < -0.4 is 10.6 Å². The number of carbonyl (C=O) groups excluding carboxylic acids is 2. The molecule has 1 aromatic heterocycles. The summed E-state index contributed by atoms with van der Waals surface area (Å²) < 4.78 is 43.7. The number of alkyl halides is 3. The lowest BCUT2D eigenvalue weighted by atomic mass is 10.2. The van der Waals surface area contributed by atoms with Crippen LogP contribution in [0.2, 0.25) is 0 Å². The van der Waals surface area contributed by atoms with Gasteiger partial charge in [-0.05, 0) is 36.4 Å². The number of nitro groups is 1. The van der Waals surface area contributed by atoms with Crippen molar-refractivity contribution in [3.05, 3.63) is 88.1 Å². The molecular weight excluding hydrogens is 445 g/mol. The number of carbonyl (C=O) groups is 2. The predicted octanol–water partition coefficient (Wildman–Crippen LogP) is 4.55. The minimum atomic E-state index is -4.55. The van der Waals surface area contributed by atoms with Crippen LogP contribution in [0.1, 0.15) is 15.9 Å². The number of pyridine rings is 1. The largest absolute Gasteiger partial charge is 0.452 e. The van der Waals surface area contributed by atoms with Gasteiger partial charge >= 0.3 is 12.1 Å². The number of amides is 1. The molecule has 0 unspecified atom stereocenters. The third kappa shape index (κ3) is 6.26. The molecule has 0 radical (unpaired) electrons. The second-order valence-corrected chi connectivity index (χ2v) is 6.53. The van der Waals surface area contributed by atoms with Crippen molar-refractivity contribution >= 4 is 34.8 Å². The van der Waals surface area contributed by atoms with Gasteiger partial charge in [0.2, 0.25) is 0 Å². The van der Waals surface area contributed by atoms with E-state index in [0.717, 1.165) is 18.2 Å². The van der Waals surface area contributed by atoms with Crippen LogP contribution in [0.3, 0.4) is 0 Å². The minimum Gasteiger partial charge on any atom is -0.452 e.